The number of nitrogens with two attached hydrogens (primary N) is 3. The van der Waals surface area contributed by atoms with Crippen molar-refractivity contribution in [3.05, 3.63) is 53.6 Å². The average Bonchev–Trinajstić information content (AvgIpc) is 3.03. The van der Waals surface area contributed by atoms with Gasteiger partial charge >= 0.3 is 0 Å². The van der Waals surface area contributed by atoms with E-state index in [1.54, 1.807) is 12.4 Å². The zero-order valence-corrected chi connectivity index (χ0v) is 15.2. The second-order valence-electron chi connectivity index (χ2n) is 6.52. The third-order valence-electron chi connectivity index (χ3n) is 4.11. The SMILES string of the molecule is Cc1cccc2c(/C(N)=C/N(N)Cc3ccnn3C(C)C)nc(N)nc12. The van der Waals surface area contributed by atoms with E-state index in [1.807, 2.05) is 35.9 Å². The van der Waals surface area contributed by atoms with Crippen LogP contribution in [0.3, 0.4) is 0 Å². The first-order valence-electron chi connectivity index (χ1n) is 8.41. The van der Waals surface area contributed by atoms with Gasteiger partial charge in [0.2, 0.25) is 5.95 Å². The van der Waals surface area contributed by atoms with Gasteiger partial charge in [0.25, 0.3) is 0 Å². The van der Waals surface area contributed by atoms with Crippen LogP contribution < -0.4 is 17.3 Å². The standard InChI is InChI=1S/C18H24N8/c1-11(2)26-13(7-8-22-26)9-25(21)10-15(19)17-14-6-4-5-12(3)16(14)23-18(20)24-17/h4-8,10-11H,9,19,21H2,1-3H3,(H2,20,23,24)/b15-10-. The molecule has 0 radical (unpaired) electrons. The van der Waals surface area contributed by atoms with Gasteiger partial charge in [-0.3, -0.25) is 4.68 Å². The highest BCUT2D eigenvalue weighted by Gasteiger charge is 2.12. The molecule has 2 heterocycles. The monoisotopic (exact) mass is 352 g/mol. The lowest BCUT2D eigenvalue weighted by Crippen LogP contribution is -2.27. The van der Waals surface area contributed by atoms with E-state index in [0.717, 1.165) is 22.2 Å². The van der Waals surface area contributed by atoms with Crippen molar-refractivity contribution in [3.8, 4) is 0 Å². The summed E-state index contributed by atoms with van der Waals surface area (Å²) < 4.78 is 1.92. The number of hydrogen-bond acceptors (Lipinski definition) is 7. The molecule has 0 amide bonds. The molecule has 0 atom stereocenters. The Hall–Kier alpha value is -3.13. The molecule has 6 N–H and O–H groups in total. The Labute approximate surface area is 152 Å². The predicted octanol–water partition coefficient (Wildman–Crippen LogP) is 1.93. The van der Waals surface area contributed by atoms with Gasteiger partial charge in [-0.15, -0.1) is 0 Å². The lowest BCUT2D eigenvalue weighted by atomic mass is 10.1. The maximum Gasteiger partial charge on any atom is 0.221 e. The Balaban J connectivity index is 1.93. The highest BCUT2D eigenvalue weighted by molar-refractivity contribution is 5.91. The molecule has 1 aromatic carbocycles. The molecule has 8 heteroatoms. The smallest absolute Gasteiger partial charge is 0.221 e. The number of anilines is 1. The van der Waals surface area contributed by atoms with Gasteiger partial charge in [0.1, 0.15) is 5.69 Å². The molecule has 0 saturated heterocycles. The average molecular weight is 352 g/mol. The predicted molar refractivity (Wildman–Crippen MR) is 103 cm³/mol. The van der Waals surface area contributed by atoms with E-state index in [1.165, 1.54) is 5.01 Å². The van der Waals surface area contributed by atoms with Gasteiger partial charge in [0.15, 0.2) is 0 Å². The third kappa shape index (κ3) is 3.45. The zero-order valence-electron chi connectivity index (χ0n) is 15.2. The molecule has 0 aliphatic carbocycles. The molecule has 0 aliphatic heterocycles. The van der Waals surface area contributed by atoms with Crippen molar-refractivity contribution in [3.63, 3.8) is 0 Å². The van der Waals surface area contributed by atoms with Gasteiger partial charge in [-0.1, -0.05) is 18.2 Å². The van der Waals surface area contributed by atoms with Gasteiger partial charge in [-0.25, -0.2) is 15.8 Å². The summed E-state index contributed by atoms with van der Waals surface area (Å²) in [4.78, 5) is 8.63. The van der Waals surface area contributed by atoms with Crippen molar-refractivity contribution in [1.82, 2.24) is 24.8 Å². The van der Waals surface area contributed by atoms with E-state index in [-0.39, 0.29) is 12.0 Å². The Bertz CT molecular complexity index is 957. The van der Waals surface area contributed by atoms with Crippen LogP contribution in [0.15, 0.2) is 36.7 Å². The number of nitrogens with zero attached hydrogens (tertiary/aromatic N) is 5. The van der Waals surface area contributed by atoms with Crippen LogP contribution in [0, 0.1) is 6.92 Å². The van der Waals surface area contributed by atoms with E-state index in [2.05, 4.69) is 28.9 Å². The summed E-state index contributed by atoms with van der Waals surface area (Å²) in [5.74, 6) is 6.33. The number of hydrogen-bond donors (Lipinski definition) is 3. The summed E-state index contributed by atoms with van der Waals surface area (Å²) in [5.41, 5.74) is 15.9. The van der Waals surface area contributed by atoms with Crippen molar-refractivity contribution in [2.75, 3.05) is 5.73 Å². The van der Waals surface area contributed by atoms with Crippen LogP contribution in [0.1, 0.15) is 36.8 Å². The molecule has 0 aliphatic rings. The molecule has 26 heavy (non-hydrogen) atoms. The van der Waals surface area contributed by atoms with Crippen LogP contribution in [-0.2, 0) is 6.54 Å². The largest absolute Gasteiger partial charge is 0.396 e. The molecule has 0 bridgehead atoms. The van der Waals surface area contributed by atoms with Crippen LogP contribution in [0.2, 0.25) is 0 Å². The van der Waals surface area contributed by atoms with Crippen LogP contribution >= 0.6 is 0 Å². The molecule has 8 nitrogen and oxygen atoms in total. The Morgan fingerprint density at radius 3 is 2.77 bits per heavy atom. The molecule has 0 spiro atoms. The van der Waals surface area contributed by atoms with E-state index in [4.69, 9.17) is 17.3 Å². The summed E-state index contributed by atoms with van der Waals surface area (Å²) in [6, 6.07) is 8.02. The first-order chi connectivity index (χ1) is 12.4. The highest BCUT2D eigenvalue weighted by atomic mass is 15.4. The first kappa shape index (κ1) is 17.7. The van der Waals surface area contributed by atoms with Crippen molar-refractivity contribution in [2.24, 2.45) is 11.6 Å². The molecule has 0 saturated carbocycles. The van der Waals surface area contributed by atoms with Gasteiger partial charge in [0.05, 0.1) is 23.5 Å². The number of benzene rings is 1. The molecule has 3 rings (SSSR count). The van der Waals surface area contributed by atoms with E-state index < -0.39 is 0 Å². The molecular weight excluding hydrogens is 328 g/mol. The van der Waals surface area contributed by atoms with E-state index in [0.29, 0.717) is 17.9 Å². The molecular formula is C18H24N8. The quantitative estimate of drug-likeness (QED) is 0.473. The fraction of sp³-hybridized carbons (Fsp3) is 0.278. The summed E-state index contributed by atoms with van der Waals surface area (Å²) >= 11 is 0. The van der Waals surface area contributed by atoms with Crippen molar-refractivity contribution >= 4 is 22.5 Å². The second kappa shape index (κ2) is 7.01. The minimum absolute atomic E-state index is 0.180. The molecule has 0 fully saturated rings. The van der Waals surface area contributed by atoms with E-state index in [9.17, 15) is 0 Å². The van der Waals surface area contributed by atoms with Crippen LogP contribution in [0.25, 0.3) is 16.6 Å². The molecule has 3 aromatic rings. The number of hydrazine groups is 1. The maximum absolute atomic E-state index is 6.28. The maximum atomic E-state index is 6.28. The number of rotatable bonds is 5. The van der Waals surface area contributed by atoms with Gasteiger partial charge < -0.3 is 16.5 Å². The lowest BCUT2D eigenvalue weighted by Gasteiger charge is -2.18. The Morgan fingerprint density at radius 2 is 2.04 bits per heavy atom. The van der Waals surface area contributed by atoms with Crippen molar-refractivity contribution < 1.29 is 0 Å². The fourth-order valence-corrected chi connectivity index (χ4v) is 2.94. The van der Waals surface area contributed by atoms with Crippen LogP contribution in [-0.4, -0.2) is 24.8 Å². The molecule has 2 aromatic heterocycles. The second-order valence-corrected chi connectivity index (χ2v) is 6.52. The number of aromatic nitrogens is 4. The van der Waals surface area contributed by atoms with Crippen LogP contribution in [0.5, 0.6) is 0 Å². The summed E-state index contributed by atoms with van der Waals surface area (Å²) in [6.07, 6.45) is 3.42. The minimum Gasteiger partial charge on any atom is -0.396 e. The molecule has 136 valence electrons. The third-order valence-corrected chi connectivity index (χ3v) is 4.11. The number of nitrogen functional groups attached to an aromatic ring is 1. The fourth-order valence-electron chi connectivity index (χ4n) is 2.94. The zero-order chi connectivity index (χ0) is 18.8. The number of fused-ring (bicyclic) bond motifs is 1. The van der Waals surface area contributed by atoms with Crippen molar-refractivity contribution in [1.29, 1.82) is 0 Å². The Morgan fingerprint density at radius 1 is 1.27 bits per heavy atom. The number of aryl methyl sites for hydroxylation is 1. The minimum atomic E-state index is 0.180. The van der Waals surface area contributed by atoms with Crippen LogP contribution in [0.4, 0.5) is 5.95 Å². The van der Waals surface area contributed by atoms with Gasteiger partial charge in [-0.2, -0.15) is 5.10 Å². The Kier molecular flexibility index (Phi) is 4.77. The molecule has 0 unspecified atom stereocenters. The topological polar surface area (TPSA) is 125 Å². The van der Waals surface area contributed by atoms with Gasteiger partial charge in [-0.05, 0) is 32.4 Å². The highest BCUT2D eigenvalue weighted by Crippen LogP contribution is 2.23. The first-order valence-corrected chi connectivity index (χ1v) is 8.41. The number of para-hydroxylation sites is 1. The summed E-state index contributed by atoms with van der Waals surface area (Å²) in [5, 5.41) is 6.67. The summed E-state index contributed by atoms with van der Waals surface area (Å²) in [7, 11) is 0. The van der Waals surface area contributed by atoms with Gasteiger partial charge in [0, 0.05) is 23.8 Å². The summed E-state index contributed by atoms with van der Waals surface area (Å²) in [6.45, 7) is 6.58. The normalized spacial score (nSPS) is 12.1. The van der Waals surface area contributed by atoms with E-state index >= 15 is 0 Å². The lowest BCUT2D eigenvalue weighted by molar-refractivity contribution is 0.361. The van der Waals surface area contributed by atoms with Crippen molar-refractivity contribution in [2.45, 2.75) is 33.4 Å².